The summed E-state index contributed by atoms with van der Waals surface area (Å²) in [6.07, 6.45) is 3.14. The predicted molar refractivity (Wildman–Crippen MR) is 96.1 cm³/mol. The number of fused-ring (bicyclic) bond motifs is 1. The number of para-hydroxylation sites is 1. The second-order valence-electron chi connectivity index (χ2n) is 5.95. The lowest BCUT2D eigenvalue weighted by molar-refractivity contribution is -0.481. The summed E-state index contributed by atoms with van der Waals surface area (Å²) in [5, 5.41) is 12.3. The number of benzene rings is 2. The maximum absolute atomic E-state index is 11.3. The summed E-state index contributed by atoms with van der Waals surface area (Å²) < 4.78 is 5.20. The average molecular weight is 332 g/mol. The Kier molecular flexibility index (Phi) is 3.82. The number of nitro groups is 1. The number of nitrogens with zero attached hydrogens (tertiary/aromatic N) is 1. The lowest BCUT2D eigenvalue weighted by atomic mass is 9.89. The number of aromatic amines is 1. The van der Waals surface area contributed by atoms with Crippen molar-refractivity contribution in [1.82, 2.24) is 4.98 Å². The highest BCUT2D eigenvalue weighted by Gasteiger charge is 2.28. The Morgan fingerprint density at radius 1 is 1.04 bits per heavy atom. The van der Waals surface area contributed by atoms with Crippen LogP contribution in [0, 0.1) is 10.1 Å². The Labute approximate surface area is 144 Å². The van der Waals surface area contributed by atoms with Gasteiger partial charge in [-0.25, -0.2) is 0 Å². The van der Waals surface area contributed by atoms with Gasteiger partial charge in [0.1, 0.15) is 0 Å². The van der Waals surface area contributed by atoms with Crippen LogP contribution in [0.2, 0.25) is 0 Å². The van der Waals surface area contributed by atoms with Gasteiger partial charge in [-0.1, -0.05) is 48.5 Å². The van der Waals surface area contributed by atoms with Crippen molar-refractivity contribution >= 4 is 10.9 Å². The van der Waals surface area contributed by atoms with Crippen LogP contribution in [-0.4, -0.2) is 16.5 Å². The van der Waals surface area contributed by atoms with Crippen molar-refractivity contribution in [2.24, 2.45) is 0 Å². The molecule has 0 fully saturated rings. The third-order valence-electron chi connectivity index (χ3n) is 4.43. The Balaban J connectivity index is 1.99. The van der Waals surface area contributed by atoms with Gasteiger partial charge in [0.15, 0.2) is 0 Å². The molecule has 25 heavy (non-hydrogen) atoms. The molecule has 0 aliphatic rings. The summed E-state index contributed by atoms with van der Waals surface area (Å²) in [7, 11) is 0. The molecule has 5 nitrogen and oxygen atoms in total. The second kappa shape index (κ2) is 6.28. The zero-order valence-electron chi connectivity index (χ0n) is 13.4. The van der Waals surface area contributed by atoms with Crippen LogP contribution in [-0.2, 0) is 0 Å². The topological polar surface area (TPSA) is 72.1 Å². The molecule has 5 heteroatoms. The first kappa shape index (κ1) is 15.2. The molecule has 4 aromatic rings. The third-order valence-corrected chi connectivity index (χ3v) is 4.43. The molecule has 0 spiro atoms. The van der Waals surface area contributed by atoms with Crippen LogP contribution < -0.4 is 0 Å². The molecule has 1 N–H and O–H groups in total. The molecular formula is C20H16N2O3. The number of rotatable bonds is 5. The van der Waals surface area contributed by atoms with E-state index in [1.54, 1.807) is 18.6 Å². The zero-order valence-corrected chi connectivity index (χ0v) is 13.4. The predicted octanol–water partition coefficient (Wildman–Crippen LogP) is 4.84. The molecular weight excluding hydrogens is 316 g/mol. The summed E-state index contributed by atoms with van der Waals surface area (Å²) >= 11 is 0. The van der Waals surface area contributed by atoms with Crippen molar-refractivity contribution in [2.45, 2.75) is 5.92 Å². The van der Waals surface area contributed by atoms with Gasteiger partial charge in [0.2, 0.25) is 6.54 Å². The number of furan rings is 1. The van der Waals surface area contributed by atoms with Crippen LogP contribution in [0.5, 0.6) is 0 Å². The third kappa shape index (κ3) is 2.80. The molecule has 2 aromatic heterocycles. The van der Waals surface area contributed by atoms with E-state index >= 15 is 0 Å². The van der Waals surface area contributed by atoms with Gasteiger partial charge in [0.25, 0.3) is 0 Å². The van der Waals surface area contributed by atoms with E-state index in [1.165, 1.54) is 0 Å². The summed E-state index contributed by atoms with van der Waals surface area (Å²) in [5.74, 6) is -0.389. The van der Waals surface area contributed by atoms with E-state index in [0.29, 0.717) is 0 Å². The van der Waals surface area contributed by atoms with E-state index in [4.69, 9.17) is 4.42 Å². The van der Waals surface area contributed by atoms with Crippen LogP contribution in [0.1, 0.15) is 17.0 Å². The van der Waals surface area contributed by atoms with E-state index in [0.717, 1.165) is 33.3 Å². The summed E-state index contributed by atoms with van der Waals surface area (Å²) in [4.78, 5) is 14.5. The molecule has 0 saturated heterocycles. The van der Waals surface area contributed by atoms with E-state index in [9.17, 15) is 10.1 Å². The van der Waals surface area contributed by atoms with Crippen molar-refractivity contribution in [1.29, 1.82) is 0 Å². The molecule has 0 aliphatic heterocycles. The van der Waals surface area contributed by atoms with E-state index in [2.05, 4.69) is 4.98 Å². The minimum Gasteiger partial charge on any atom is -0.472 e. The highest BCUT2D eigenvalue weighted by atomic mass is 16.6. The molecule has 0 amide bonds. The average Bonchev–Trinajstić information content (AvgIpc) is 3.28. The van der Waals surface area contributed by atoms with Crippen molar-refractivity contribution in [2.75, 3.05) is 6.54 Å². The minimum atomic E-state index is -0.389. The summed E-state index contributed by atoms with van der Waals surface area (Å²) in [6.45, 7) is -0.193. The fraction of sp³-hybridized carbons (Fsp3) is 0.100. The van der Waals surface area contributed by atoms with E-state index in [1.807, 2.05) is 54.6 Å². The summed E-state index contributed by atoms with van der Waals surface area (Å²) in [6, 6.07) is 19.6. The largest absolute Gasteiger partial charge is 0.472 e. The Morgan fingerprint density at radius 3 is 2.52 bits per heavy atom. The zero-order chi connectivity index (χ0) is 17.2. The number of hydrogen-bond acceptors (Lipinski definition) is 3. The normalized spacial score (nSPS) is 12.3. The molecule has 0 radical (unpaired) electrons. The highest BCUT2D eigenvalue weighted by Crippen LogP contribution is 2.38. The van der Waals surface area contributed by atoms with Crippen LogP contribution in [0.3, 0.4) is 0 Å². The lowest BCUT2D eigenvalue weighted by Gasteiger charge is -2.13. The van der Waals surface area contributed by atoms with Gasteiger partial charge in [-0.05, 0) is 23.3 Å². The Bertz CT molecular complexity index is 1000. The smallest absolute Gasteiger partial charge is 0.214 e. The van der Waals surface area contributed by atoms with Gasteiger partial charge in [-0.15, -0.1) is 0 Å². The number of hydrogen-bond donors (Lipinski definition) is 1. The standard InChI is InChI=1S/C20H16N2O3/c23-22(24)12-17(15-10-11-25-13-15)19-16-8-4-5-9-18(16)21-20(19)14-6-2-1-3-7-14/h1-11,13,17,21H,12H2. The second-order valence-corrected chi connectivity index (χ2v) is 5.95. The van der Waals surface area contributed by atoms with Gasteiger partial charge in [-0.3, -0.25) is 10.1 Å². The minimum absolute atomic E-state index is 0.193. The number of H-pyrrole nitrogens is 1. The fourth-order valence-electron chi connectivity index (χ4n) is 3.34. The monoisotopic (exact) mass is 332 g/mol. The first-order valence-corrected chi connectivity index (χ1v) is 8.04. The molecule has 2 aromatic carbocycles. The Hall–Kier alpha value is -3.34. The van der Waals surface area contributed by atoms with Gasteiger partial charge < -0.3 is 9.40 Å². The Morgan fingerprint density at radius 2 is 1.80 bits per heavy atom. The molecule has 124 valence electrons. The molecule has 1 unspecified atom stereocenters. The van der Waals surface area contributed by atoms with Crippen molar-refractivity contribution < 1.29 is 9.34 Å². The van der Waals surface area contributed by atoms with Gasteiger partial charge in [-0.2, -0.15) is 0 Å². The van der Waals surface area contributed by atoms with E-state index in [-0.39, 0.29) is 17.4 Å². The maximum atomic E-state index is 11.3. The van der Waals surface area contributed by atoms with Crippen molar-refractivity contribution in [3.8, 4) is 11.3 Å². The quantitative estimate of drug-likeness (QED) is 0.420. The van der Waals surface area contributed by atoms with Gasteiger partial charge in [0.05, 0.1) is 24.1 Å². The molecule has 4 rings (SSSR count). The van der Waals surface area contributed by atoms with Crippen molar-refractivity contribution in [3.05, 3.63) is 94.4 Å². The van der Waals surface area contributed by atoms with Crippen molar-refractivity contribution in [3.63, 3.8) is 0 Å². The number of nitrogens with one attached hydrogen (secondary N) is 1. The van der Waals surface area contributed by atoms with Crippen LogP contribution >= 0.6 is 0 Å². The molecule has 0 bridgehead atoms. The van der Waals surface area contributed by atoms with Crippen LogP contribution in [0.4, 0.5) is 0 Å². The maximum Gasteiger partial charge on any atom is 0.214 e. The fourth-order valence-corrected chi connectivity index (χ4v) is 3.34. The lowest BCUT2D eigenvalue weighted by Crippen LogP contribution is -2.14. The molecule has 2 heterocycles. The first-order valence-electron chi connectivity index (χ1n) is 8.04. The van der Waals surface area contributed by atoms with E-state index < -0.39 is 0 Å². The van der Waals surface area contributed by atoms with Gasteiger partial charge >= 0.3 is 0 Å². The first-order chi connectivity index (χ1) is 12.2. The molecule has 1 atom stereocenters. The van der Waals surface area contributed by atoms with Crippen LogP contribution in [0.15, 0.2) is 77.6 Å². The van der Waals surface area contributed by atoms with Crippen LogP contribution in [0.25, 0.3) is 22.2 Å². The molecule has 0 saturated carbocycles. The molecule has 0 aliphatic carbocycles. The van der Waals surface area contributed by atoms with Gasteiger partial charge in [0, 0.05) is 21.4 Å². The summed E-state index contributed by atoms with van der Waals surface area (Å²) in [5.41, 5.74) is 4.62. The number of aromatic nitrogens is 1. The SMILES string of the molecule is O=[N+]([O-])CC(c1ccoc1)c1c(-c2ccccc2)[nH]c2ccccc12. The highest BCUT2D eigenvalue weighted by molar-refractivity contribution is 5.92.